The van der Waals surface area contributed by atoms with E-state index in [0.29, 0.717) is 23.7 Å². The standard InChI is InChI=1S/C22H22ClN3O/c23-21-9-6-18(7-10-21)19-5-8-20(22(25,11-19)15-27)14-26-13-17-3-1-16(12-24)2-4-17/h1-4,6-7,9-11,15,20,26H,5,8,13-14,25H2. The first kappa shape index (κ1) is 19.3. The van der Waals surface area contributed by atoms with Crippen LogP contribution in [0, 0.1) is 17.2 Å². The fourth-order valence-corrected chi connectivity index (χ4v) is 3.59. The van der Waals surface area contributed by atoms with Crippen molar-refractivity contribution in [2.24, 2.45) is 11.7 Å². The summed E-state index contributed by atoms with van der Waals surface area (Å²) >= 11 is 5.96. The number of nitriles is 1. The van der Waals surface area contributed by atoms with Gasteiger partial charge >= 0.3 is 0 Å². The molecule has 27 heavy (non-hydrogen) atoms. The summed E-state index contributed by atoms with van der Waals surface area (Å²) in [6.07, 6.45) is 4.47. The number of nitrogens with zero attached hydrogens (tertiary/aromatic N) is 1. The summed E-state index contributed by atoms with van der Waals surface area (Å²) in [6, 6.07) is 17.2. The maximum absolute atomic E-state index is 11.8. The lowest BCUT2D eigenvalue weighted by Crippen LogP contribution is -2.52. The molecule has 0 aliphatic heterocycles. The van der Waals surface area contributed by atoms with Crippen LogP contribution in [0.1, 0.15) is 29.5 Å². The summed E-state index contributed by atoms with van der Waals surface area (Å²) in [5.74, 6) is 0.0319. The van der Waals surface area contributed by atoms with Gasteiger partial charge in [-0.2, -0.15) is 5.26 Å². The Hall–Kier alpha value is -2.45. The highest BCUT2D eigenvalue weighted by atomic mass is 35.5. The molecule has 2 unspecified atom stereocenters. The number of benzene rings is 2. The van der Waals surface area contributed by atoms with Gasteiger partial charge in [0.25, 0.3) is 0 Å². The van der Waals surface area contributed by atoms with Crippen LogP contribution >= 0.6 is 11.6 Å². The minimum atomic E-state index is -0.981. The molecule has 0 amide bonds. The molecule has 2 aromatic carbocycles. The number of nitrogens with two attached hydrogens (primary N) is 1. The predicted octanol–water partition coefficient (Wildman–Crippen LogP) is 3.69. The maximum atomic E-state index is 11.8. The third-order valence-corrected chi connectivity index (χ3v) is 5.37. The van der Waals surface area contributed by atoms with E-state index in [9.17, 15) is 4.79 Å². The lowest BCUT2D eigenvalue weighted by molar-refractivity contribution is -0.112. The molecular weight excluding hydrogens is 358 g/mol. The highest BCUT2D eigenvalue weighted by molar-refractivity contribution is 6.30. The molecule has 0 saturated carbocycles. The van der Waals surface area contributed by atoms with Crippen molar-refractivity contribution in [3.05, 3.63) is 76.3 Å². The molecular formula is C22H22ClN3O. The van der Waals surface area contributed by atoms with Gasteiger partial charge in [0.2, 0.25) is 0 Å². The van der Waals surface area contributed by atoms with Crippen molar-refractivity contribution in [3.8, 4) is 6.07 Å². The van der Waals surface area contributed by atoms with Crippen molar-refractivity contribution in [1.29, 1.82) is 5.26 Å². The lowest BCUT2D eigenvalue weighted by Gasteiger charge is -2.35. The number of carbonyl (C=O) groups is 1. The zero-order valence-electron chi connectivity index (χ0n) is 15.0. The average Bonchev–Trinajstić information content (AvgIpc) is 2.70. The number of hydrogen-bond donors (Lipinski definition) is 2. The van der Waals surface area contributed by atoms with E-state index in [1.54, 1.807) is 12.1 Å². The van der Waals surface area contributed by atoms with Gasteiger partial charge in [0.1, 0.15) is 6.29 Å². The number of carbonyl (C=O) groups excluding carboxylic acids is 1. The van der Waals surface area contributed by atoms with E-state index in [4.69, 9.17) is 22.6 Å². The second-order valence-corrected chi connectivity index (χ2v) is 7.41. The second-order valence-electron chi connectivity index (χ2n) is 6.97. The predicted molar refractivity (Wildman–Crippen MR) is 108 cm³/mol. The minimum absolute atomic E-state index is 0.0319. The molecule has 3 N–H and O–H groups in total. The van der Waals surface area contributed by atoms with Crippen molar-refractivity contribution in [3.63, 3.8) is 0 Å². The van der Waals surface area contributed by atoms with Crippen LogP contribution in [0.25, 0.3) is 5.57 Å². The largest absolute Gasteiger partial charge is 0.316 e. The van der Waals surface area contributed by atoms with Crippen LogP contribution in [-0.2, 0) is 11.3 Å². The van der Waals surface area contributed by atoms with Gasteiger partial charge in [0.15, 0.2) is 0 Å². The van der Waals surface area contributed by atoms with Gasteiger partial charge in [-0.3, -0.25) is 0 Å². The first-order chi connectivity index (χ1) is 13.0. The Morgan fingerprint density at radius 3 is 2.56 bits per heavy atom. The SMILES string of the molecule is N#Cc1ccc(CNCC2CCC(c3ccc(Cl)cc3)=CC2(N)C=O)cc1. The van der Waals surface area contributed by atoms with Crippen LogP contribution in [-0.4, -0.2) is 18.4 Å². The molecule has 0 fully saturated rings. The number of rotatable bonds is 6. The third-order valence-electron chi connectivity index (χ3n) is 5.12. The third kappa shape index (κ3) is 4.64. The van der Waals surface area contributed by atoms with Crippen molar-refractivity contribution < 1.29 is 4.79 Å². The summed E-state index contributed by atoms with van der Waals surface area (Å²) in [7, 11) is 0. The molecule has 2 aromatic rings. The van der Waals surface area contributed by atoms with E-state index in [1.807, 2.05) is 42.5 Å². The van der Waals surface area contributed by atoms with E-state index in [1.165, 1.54) is 0 Å². The Morgan fingerprint density at radius 1 is 1.22 bits per heavy atom. The molecule has 1 aliphatic carbocycles. The minimum Gasteiger partial charge on any atom is -0.316 e. The smallest absolute Gasteiger partial charge is 0.144 e. The molecule has 1 aliphatic rings. The van der Waals surface area contributed by atoms with Gasteiger partial charge in [-0.05, 0) is 53.8 Å². The van der Waals surface area contributed by atoms with Crippen LogP contribution in [0.2, 0.25) is 5.02 Å². The number of nitrogens with one attached hydrogen (secondary N) is 1. The summed E-state index contributed by atoms with van der Waals surface area (Å²) < 4.78 is 0. The Kier molecular flexibility index (Phi) is 6.08. The second kappa shape index (κ2) is 8.49. The molecule has 0 aromatic heterocycles. The number of allylic oxidation sites excluding steroid dienone is 1. The molecule has 3 rings (SSSR count). The van der Waals surface area contributed by atoms with Crippen LogP contribution in [0.5, 0.6) is 0 Å². The molecule has 138 valence electrons. The van der Waals surface area contributed by atoms with E-state index in [-0.39, 0.29) is 5.92 Å². The van der Waals surface area contributed by atoms with Gasteiger partial charge in [0, 0.05) is 24.0 Å². The summed E-state index contributed by atoms with van der Waals surface area (Å²) in [4.78, 5) is 11.8. The Morgan fingerprint density at radius 2 is 1.93 bits per heavy atom. The molecule has 4 nitrogen and oxygen atoms in total. The lowest BCUT2D eigenvalue weighted by atomic mass is 9.74. The van der Waals surface area contributed by atoms with Crippen molar-refractivity contribution in [1.82, 2.24) is 5.32 Å². The molecule has 0 heterocycles. The topological polar surface area (TPSA) is 78.9 Å². The number of halogens is 1. The van der Waals surface area contributed by atoms with E-state index < -0.39 is 5.54 Å². The molecule has 0 bridgehead atoms. The van der Waals surface area contributed by atoms with Crippen LogP contribution in [0.3, 0.4) is 0 Å². The Balaban J connectivity index is 1.65. The van der Waals surface area contributed by atoms with Gasteiger partial charge in [0.05, 0.1) is 17.2 Å². The van der Waals surface area contributed by atoms with Crippen LogP contribution in [0.4, 0.5) is 0 Å². The summed E-state index contributed by atoms with van der Waals surface area (Å²) in [6.45, 7) is 1.32. The average molecular weight is 380 g/mol. The van der Waals surface area contributed by atoms with Gasteiger partial charge in [-0.25, -0.2) is 0 Å². The van der Waals surface area contributed by atoms with Crippen LogP contribution in [0.15, 0.2) is 54.6 Å². The molecule has 5 heteroatoms. The van der Waals surface area contributed by atoms with E-state index in [0.717, 1.165) is 35.8 Å². The zero-order chi connectivity index (χ0) is 19.3. The summed E-state index contributed by atoms with van der Waals surface area (Å²) in [5, 5.41) is 12.9. The molecule has 0 spiro atoms. The maximum Gasteiger partial charge on any atom is 0.144 e. The van der Waals surface area contributed by atoms with Crippen molar-refractivity contribution in [2.45, 2.75) is 24.9 Å². The highest BCUT2D eigenvalue weighted by Crippen LogP contribution is 2.34. The number of hydrogen-bond acceptors (Lipinski definition) is 4. The fraction of sp³-hybridized carbons (Fsp3) is 0.273. The van der Waals surface area contributed by atoms with Crippen LogP contribution < -0.4 is 11.1 Å². The van der Waals surface area contributed by atoms with Gasteiger partial charge in [-0.15, -0.1) is 0 Å². The van der Waals surface area contributed by atoms with E-state index >= 15 is 0 Å². The normalized spacial score (nSPS) is 22.0. The quantitative estimate of drug-likeness (QED) is 0.750. The van der Waals surface area contributed by atoms with E-state index in [2.05, 4.69) is 11.4 Å². The van der Waals surface area contributed by atoms with Crippen molar-refractivity contribution >= 4 is 23.5 Å². The molecule has 0 radical (unpaired) electrons. The first-order valence-corrected chi connectivity index (χ1v) is 9.34. The Labute approximate surface area is 164 Å². The monoisotopic (exact) mass is 379 g/mol. The fourth-order valence-electron chi connectivity index (χ4n) is 3.46. The Bertz CT molecular complexity index is 868. The first-order valence-electron chi connectivity index (χ1n) is 8.97. The highest BCUT2D eigenvalue weighted by Gasteiger charge is 2.36. The summed E-state index contributed by atoms with van der Waals surface area (Å²) in [5.41, 5.74) is 9.33. The molecule has 2 atom stereocenters. The van der Waals surface area contributed by atoms with Gasteiger partial charge in [-0.1, -0.05) is 41.9 Å². The molecule has 0 saturated heterocycles. The number of aldehydes is 1. The van der Waals surface area contributed by atoms with Gasteiger partial charge < -0.3 is 15.8 Å². The van der Waals surface area contributed by atoms with Crippen molar-refractivity contribution in [2.75, 3.05) is 6.54 Å². The zero-order valence-corrected chi connectivity index (χ0v) is 15.7.